The molecule has 2 saturated heterocycles. The van der Waals surface area contributed by atoms with Crippen molar-refractivity contribution in [1.82, 2.24) is 19.3 Å². The molecule has 2 atom stereocenters. The lowest BCUT2D eigenvalue weighted by atomic mass is 10.0. The van der Waals surface area contributed by atoms with E-state index in [1.807, 2.05) is 19.1 Å². The van der Waals surface area contributed by atoms with Crippen LogP contribution in [0.15, 0.2) is 36.9 Å². The number of hydrogen-bond donors (Lipinski definition) is 0. The van der Waals surface area contributed by atoms with E-state index in [1.165, 1.54) is 0 Å². The average molecular weight is 373 g/mol. The average Bonchev–Trinajstić information content (AvgIpc) is 2.78. The summed E-state index contributed by atoms with van der Waals surface area (Å²) in [6.45, 7) is 4.45. The molecule has 0 unspecified atom stereocenters. The first-order valence-corrected chi connectivity index (χ1v) is 10.5. The van der Waals surface area contributed by atoms with Crippen LogP contribution in [0.4, 0.5) is 5.95 Å². The molecule has 2 aromatic rings. The molecule has 4 heterocycles. The Kier molecular flexibility index (Phi) is 4.62. The van der Waals surface area contributed by atoms with E-state index in [-0.39, 0.29) is 11.2 Å². The maximum absolute atomic E-state index is 13.0. The molecular weight excluding hydrogens is 350 g/mol. The summed E-state index contributed by atoms with van der Waals surface area (Å²) in [5.41, 5.74) is 2.00. The maximum atomic E-state index is 13.0. The van der Waals surface area contributed by atoms with Gasteiger partial charge in [-0.15, -0.1) is 0 Å². The third-order valence-electron chi connectivity index (χ3n) is 5.32. The Morgan fingerprint density at radius 3 is 2.54 bits per heavy atom. The van der Waals surface area contributed by atoms with E-state index in [1.54, 1.807) is 29.1 Å². The van der Waals surface area contributed by atoms with Crippen molar-refractivity contribution in [2.24, 2.45) is 5.92 Å². The zero-order valence-electron chi connectivity index (χ0n) is 14.8. The number of hydrogen-bond acceptors (Lipinski definition) is 6. The number of fused-ring (bicyclic) bond motifs is 1. The van der Waals surface area contributed by atoms with Crippen molar-refractivity contribution in [1.29, 1.82) is 0 Å². The summed E-state index contributed by atoms with van der Waals surface area (Å²) in [5, 5.41) is -0.306. The first-order valence-electron chi connectivity index (χ1n) is 8.95. The Balaban J connectivity index is 1.48. The Hall–Kier alpha value is -2.06. The fraction of sp³-hybridized carbons (Fsp3) is 0.500. The molecule has 0 N–H and O–H groups in total. The van der Waals surface area contributed by atoms with E-state index in [9.17, 15) is 8.42 Å². The van der Waals surface area contributed by atoms with Gasteiger partial charge < -0.3 is 4.90 Å². The van der Waals surface area contributed by atoms with Crippen molar-refractivity contribution in [2.75, 3.05) is 24.5 Å². The van der Waals surface area contributed by atoms with Gasteiger partial charge in [0.1, 0.15) is 0 Å². The minimum absolute atomic E-state index is 0.164. The topological polar surface area (TPSA) is 79.3 Å². The molecule has 4 rings (SSSR count). The van der Waals surface area contributed by atoms with Crippen molar-refractivity contribution in [3.63, 3.8) is 0 Å². The second-order valence-corrected chi connectivity index (χ2v) is 9.27. The van der Waals surface area contributed by atoms with E-state index >= 15 is 0 Å². The highest BCUT2D eigenvalue weighted by Crippen LogP contribution is 2.35. The zero-order chi connectivity index (χ0) is 18.1. The lowest BCUT2D eigenvalue weighted by Crippen LogP contribution is -2.32. The van der Waals surface area contributed by atoms with Gasteiger partial charge in [-0.05, 0) is 48.9 Å². The SMILES string of the molecule is Cc1cnc(N2CC[C@@H]3CN(Cc4ccncc4)S(=O)(=O)[C@@H]3CC2)nc1. The molecule has 0 spiro atoms. The van der Waals surface area contributed by atoms with Gasteiger partial charge in [-0.3, -0.25) is 4.98 Å². The Morgan fingerprint density at radius 1 is 1.12 bits per heavy atom. The highest BCUT2D eigenvalue weighted by atomic mass is 32.2. The van der Waals surface area contributed by atoms with Gasteiger partial charge in [0.15, 0.2) is 0 Å². The fourth-order valence-corrected chi connectivity index (χ4v) is 6.11. The van der Waals surface area contributed by atoms with Gasteiger partial charge in [-0.1, -0.05) is 0 Å². The van der Waals surface area contributed by atoms with E-state index in [2.05, 4.69) is 19.9 Å². The number of aryl methyl sites for hydroxylation is 1. The minimum atomic E-state index is -3.28. The summed E-state index contributed by atoms with van der Waals surface area (Å²) in [4.78, 5) is 14.9. The van der Waals surface area contributed by atoms with Crippen LogP contribution in [0, 0.1) is 12.8 Å². The maximum Gasteiger partial charge on any atom is 0.225 e. The predicted molar refractivity (Wildman–Crippen MR) is 99.1 cm³/mol. The number of anilines is 1. The van der Waals surface area contributed by atoms with Crippen LogP contribution in [-0.4, -0.2) is 52.6 Å². The van der Waals surface area contributed by atoms with Crippen LogP contribution in [0.5, 0.6) is 0 Å². The lowest BCUT2D eigenvalue weighted by molar-refractivity contribution is 0.381. The Bertz CT molecular complexity index is 857. The molecule has 7 nitrogen and oxygen atoms in total. The molecule has 2 fully saturated rings. The molecule has 0 amide bonds. The standard InChI is InChI=1S/C18H23N5O2S/c1-14-10-20-18(21-11-14)22-8-4-16-13-23(12-15-2-6-19-7-3-15)26(24,25)17(16)5-9-22/h2-3,6-7,10-11,16-17H,4-5,8-9,12-13H2,1H3/t16-,17-/m1/s1. The first kappa shape index (κ1) is 17.4. The number of sulfonamides is 1. The van der Waals surface area contributed by atoms with Gasteiger partial charge in [0.2, 0.25) is 16.0 Å². The van der Waals surface area contributed by atoms with Gasteiger partial charge in [-0.2, -0.15) is 4.31 Å². The smallest absolute Gasteiger partial charge is 0.225 e. The molecule has 2 aromatic heterocycles. The number of aromatic nitrogens is 3. The van der Waals surface area contributed by atoms with Crippen molar-refractivity contribution in [2.45, 2.75) is 31.6 Å². The van der Waals surface area contributed by atoms with Crippen LogP contribution in [0.25, 0.3) is 0 Å². The quantitative estimate of drug-likeness (QED) is 0.813. The molecule has 2 aliphatic rings. The van der Waals surface area contributed by atoms with Crippen LogP contribution < -0.4 is 4.90 Å². The van der Waals surface area contributed by atoms with Crippen LogP contribution in [0.2, 0.25) is 0 Å². The second kappa shape index (κ2) is 6.92. The second-order valence-electron chi connectivity index (χ2n) is 7.12. The third kappa shape index (κ3) is 3.31. The van der Waals surface area contributed by atoms with Crippen molar-refractivity contribution >= 4 is 16.0 Å². The van der Waals surface area contributed by atoms with Gasteiger partial charge in [0.05, 0.1) is 5.25 Å². The zero-order valence-corrected chi connectivity index (χ0v) is 15.6. The normalized spacial score (nSPS) is 25.7. The minimum Gasteiger partial charge on any atom is -0.341 e. The lowest BCUT2D eigenvalue weighted by Gasteiger charge is -2.22. The monoisotopic (exact) mass is 373 g/mol. The van der Waals surface area contributed by atoms with Crippen LogP contribution >= 0.6 is 0 Å². The predicted octanol–water partition coefficient (Wildman–Crippen LogP) is 1.61. The molecule has 0 aromatic carbocycles. The van der Waals surface area contributed by atoms with Gasteiger partial charge >= 0.3 is 0 Å². The van der Waals surface area contributed by atoms with Crippen LogP contribution in [-0.2, 0) is 16.6 Å². The van der Waals surface area contributed by atoms with Crippen molar-refractivity contribution < 1.29 is 8.42 Å². The first-order chi connectivity index (χ1) is 12.5. The van der Waals surface area contributed by atoms with Crippen molar-refractivity contribution in [3.05, 3.63) is 48.0 Å². The summed E-state index contributed by atoms with van der Waals surface area (Å²) in [6.07, 6.45) is 8.48. The fourth-order valence-electron chi connectivity index (χ4n) is 3.89. The van der Waals surface area contributed by atoms with Crippen molar-refractivity contribution in [3.8, 4) is 0 Å². The summed E-state index contributed by atoms with van der Waals surface area (Å²) in [5.74, 6) is 0.860. The molecule has 8 heteroatoms. The molecule has 26 heavy (non-hydrogen) atoms. The molecule has 0 aliphatic carbocycles. The molecular formula is C18H23N5O2S. The van der Waals surface area contributed by atoms with E-state index in [4.69, 9.17) is 0 Å². The van der Waals surface area contributed by atoms with Gasteiger partial charge in [0, 0.05) is 51.0 Å². The third-order valence-corrected chi connectivity index (χ3v) is 7.70. The number of rotatable bonds is 3. The van der Waals surface area contributed by atoms with Crippen LogP contribution in [0.1, 0.15) is 24.0 Å². The summed E-state index contributed by atoms with van der Waals surface area (Å²) < 4.78 is 27.7. The Labute approximate surface area is 154 Å². The molecule has 0 radical (unpaired) electrons. The van der Waals surface area contributed by atoms with E-state index < -0.39 is 10.0 Å². The molecule has 138 valence electrons. The summed E-state index contributed by atoms with van der Waals surface area (Å²) >= 11 is 0. The van der Waals surface area contributed by atoms with E-state index in [0.29, 0.717) is 32.0 Å². The number of nitrogens with zero attached hydrogens (tertiary/aromatic N) is 5. The van der Waals surface area contributed by atoms with Crippen LogP contribution in [0.3, 0.4) is 0 Å². The molecule has 0 saturated carbocycles. The highest BCUT2D eigenvalue weighted by molar-refractivity contribution is 7.90. The number of pyridine rings is 1. The summed E-state index contributed by atoms with van der Waals surface area (Å²) in [6, 6.07) is 3.75. The summed E-state index contributed by atoms with van der Waals surface area (Å²) in [7, 11) is -3.28. The van der Waals surface area contributed by atoms with E-state index in [0.717, 1.165) is 24.1 Å². The largest absolute Gasteiger partial charge is 0.341 e. The van der Waals surface area contributed by atoms with Gasteiger partial charge in [0.25, 0.3) is 0 Å². The molecule has 2 aliphatic heterocycles. The Morgan fingerprint density at radius 2 is 1.81 bits per heavy atom. The highest BCUT2D eigenvalue weighted by Gasteiger charge is 2.46. The molecule has 0 bridgehead atoms. The van der Waals surface area contributed by atoms with Gasteiger partial charge in [-0.25, -0.2) is 18.4 Å².